The minimum atomic E-state index is -1.05. The fourth-order valence-electron chi connectivity index (χ4n) is 2.81. The standard InChI is InChI=1S/C23H27Cl2N7O3S/c1-13(33)28-18(21(35)30-22(26)31-23(27)32(2)3)12-36-19(34)11-14-7-4-5-10-17(14)29-20-15(24)8-6-9-16(20)25/h4-10,18,29H,11-12H2,1-3H3,(H,28,33)(H4,26,27,30,31,35). The van der Waals surface area contributed by atoms with Crippen molar-refractivity contribution in [2.45, 2.75) is 19.4 Å². The van der Waals surface area contributed by atoms with Crippen LogP contribution in [0.15, 0.2) is 47.5 Å². The molecule has 0 aliphatic heterocycles. The lowest BCUT2D eigenvalue weighted by Gasteiger charge is -2.17. The lowest BCUT2D eigenvalue weighted by Crippen LogP contribution is -2.51. The molecule has 1 atom stereocenters. The number of carbonyl (C=O) groups excluding carboxylic acids is 3. The minimum Gasteiger partial charge on any atom is -0.369 e. The summed E-state index contributed by atoms with van der Waals surface area (Å²) in [5.41, 5.74) is 7.56. The quantitative estimate of drug-likeness (QED) is 0.249. The van der Waals surface area contributed by atoms with Gasteiger partial charge in [-0.1, -0.05) is 59.2 Å². The van der Waals surface area contributed by atoms with Crippen molar-refractivity contribution in [3.63, 3.8) is 0 Å². The third kappa shape index (κ3) is 9.06. The lowest BCUT2D eigenvalue weighted by atomic mass is 10.1. The maximum absolute atomic E-state index is 12.8. The number of para-hydroxylation sites is 2. The number of rotatable bonds is 8. The van der Waals surface area contributed by atoms with Crippen molar-refractivity contribution < 1.29 is 14.4 Å². The molecule has 6 N–H and O–H groups in total. The molecule has 1 unspecified atom stereocenters. The van der Waals surface area contributed by atoms with Crippen molar-refractivity contribution >= 4 is 75.2 Å². The number of guanidine groups is 2. The number of thioether (sulfide) groups is 1. The van der Waals surface area contributed by atoms with Gasteiger partial charge in [0.15, 0.2) is 5.12 Å². The Hall–Kier alpha value is -3.28. The molecule has 10 nitrogen and oxygen atoms in total. The molecule has 2 rings (SSSR count). The fourth-order valence-corrected chi connectivity index (χ4v) is 4.15. The summed E-state index contributed by atoms with van der Waals surface area (Å²) < 4.78 is 0. The molecule has 0 radical (unpaired) electrons. The van der Waals surface area contributed by atoms with Crippen LogP contribution in [-0.2, 0) is 20.8 Å². The smallest absolute Gasteiger partial charge is 0.250 e. The highest BCUT2D eigenvalue weighted by atomic mass is 35.5. The maximum Gasteiger partial charge on any atom is 0.250 e. The highest BCUT2D eigenvalue weighted by Crippen LogP contribution is 2.33. The van der Waals surface area contributed by atoms with Gasteiger partial charge in [-0.2, -0.15) is 4.99 Å². The second kappa shape index (κ2) is 13.7. The average Bonchev–Trinajstić information content (AvgIpc) is 2.79. The predicted molar refractivity (Wildman–Crippen MR) is 146 cm³/mol. The molecule has 0 aliphatic carbocycles. The van der Waals surface area contributed by atoms with Crippen LogP contribution in [0.4, 0.5) is 11.4 Å². The van der Waals surface area contributed by atoms with E-state index in [1.54, 1.807) is 50.5 Å². The Bertz CT molecular complexity index is 1150. The van der Waals surface area contributed by atoms with Gasteiger partial charge in [-0.3, -0.25) is 25.1 Å². The Morgan fingerprint density at radius 2 is 1.75 bits per heavy atom. The van der Waals surface area contributed by atoms with Crippen LogP contribution in [0.1, 0.15) is 12.5 Å². The van der Waals surface area contributed by atoms with Crippen molar-refractivity contribution in [2.24, 2.45) is 10.7 Å². The van der Waals surface area contributed by atoms with E-state index in [4.69, 9.17) is 34.3 Å². The van der Waals surface area contributed by atoms with Crippen LogP contribution in [0.2, 0.25) is 10.0 Å². The van der Waals surface area contributed by atoms with Crippen molar-refractivity contribution in [3.05, 3.63) is 58.1 Å². The Balaban J connectivity index is 2.06. The molecule has 2 aromatic rings. The van der Waals surface area contributed by atoms with E-state index in [2.05, 4.69) is 20.9 Å². The second-order valence-electron chi connectivity index (χ2n) is 7.70. The molecule has 0 saturated carbocycles. The first-order valence-corrected chi connectivity index (χ1v) is 12.3. The third-order valence-electron chi connectivity index (χ3n) is 4.58. The van der Waals surface area contributed by atoms with Gasteiger partial charge in [0, 0.05) is 38.9 Å². The molecule has 2 aromatic carbocycles. The van der Waals surface area contributed by atoms with Crippen LogP contribution in [0.3, 0.4) is 0 Å². The van der Waals surface area contributed by atoms with E-state index >= 15 is 0 Å². The number of halogens is 2. The third-order valence-corrected chi connectivity index (χ3v) is 6.18. The molecule has 0 aromatic heterocycles. The number of hydrogen-bond acceptors (Lipinski definition) is 6. The maximum atomic E-state index is 12.8. The molecule has 0 bridgehead atoms. The number of benzene rings is 2. The molecule has 36 heavy (non-hydrogen) atoms. The summed E-state index contributed by atoms with van der Waals surface area (Å²) >= 11 is 13.4. The topological polar surface area (TPSA) is 153 Å². The van der Waals surface area contributed by atoms with Crippen molar-refractivity contribution in [3.8, 4) is 0 Å². The summed E-state index contributed by atoms with van der Waals surface area (Å²) in [7, 11) is 3.19. The van der Waals surface area contributed by atoms with Gasteiger partial charge in [-0.25, -0.2) is 0 Å². The summed E-state index contributed by atoms with van der Waals surface area (Å²) in [6.07, 6.45) is 0.0495. The molecular formula is C23H27Cl2N7O3S. The van der Waals surface area contributed by atoms with E-state index in [9.17, 15) is 14.4 Å². The average molecular weight is 552 g/mol. The van der Waals surface area contributed by atoms with Gasteiger partial charge >= 0.3 is 0 Å². The SMILES string of the molecule is CC(=O)NC(CSC(=O)Cc1ccccc1Nc1c(Cl)cccc1Cl)C(=O)N/C(N)=N/C(=N)N(C)C. The van der Waals surface area contributed by atoms with Crippen molar-refractivity contribution in [1.29, 1.82) is 5.41 Å². The fraction of sp³-hybridized carbons (Fsp3) is 0.261. The highest BCUT2D eigenvalue weighted by Gasteiger charge is 2.22. The molecule has 0 spiro atoms. The summed E-state index contributed by atoms with van der Waals surface area (Å²) in [4.78, 5) is 42.1. The molecule has 192 valence electrons. The molecule has 0 fully saturated rings. The number of nitrogens with one attached hydrogen (secondary N) is 4. The van der Waals surface area contributed by atoms with Gasteiger partial charge in [0.2, 0.25) is 23.7 Å². The van der Waals surface area contributed by atoms with Crippen LogP contribution in [0.25, 0.3) is 0 Å². The number of carbonyl (C=O) groups is 3. The zero-order valence-corrected chi connectivity index (χ0v) is 22.2. The van der Waals surface area contributed by atoms with Crippen LogP contribution in [0, 0.1) is 5.41 Å². The first kappa shape index (κ1) is 29.0. The Kier molecular flexibility index (Phi) is 11.0. The Labute approximate surface area is 223 Å². The van der Waals surface area contributed by atoms with E-state index < -0.39 is 17.9 Å². The molecule has 0 saturated heterocycles. The molecule has 0 heterocycles. The Morgan fingerprint density at radius 3 is 2.36 bits per heavy atom. The highest BCUT2D eigenvalue weighted by molar-refractivity contribution is 8.13. The van der Waals surface area contributed by atoms with Gasteiger partial charge in [0.25, 0.3) is 0 Å². The van der Waals surface area contributed by atoms with E-state index in [0.717, 1.165) is 11.8 Å². The van der Waals surface area contributed by atoms with Gasteiger partial charge in [0.05, 0.1) is 15.7 Å². The Morgan fingerprint density at radius 1 is 1.11 bits per heavy atom. The first-order valence-electron chi connectivity index (χ1n) is 10.6. The number of amides is 2. The van der Waals surface area contributed by atoms with Crippen LogP contribution in [-0.4, -0.2) is 59.6 Å². The minimum absolute atomic E-state index is 0.0331. The van der Waals surface area contributed by atoms with Crippen LogP contribution >= 0.6 is 35.0 Å². The van der Waals surface area contributed by atoms with Gasteiger partial charge in [0.1, 0.15) is 6.04 Å². The van der Waals surface area contributed by atoms with Crippen molar-refractivity contribution in [2.75, 3.05) is 25.2 Å². The summed E-state index contributed by atoms with van der Waals surface area (Å²) in [6, 6.07) is 11.3. The normalized spacial score (nSPS) is 11.9. The first-order chi connectivity index (χ1) is 17.0. The van der Waals surface area contributed by atoms with E-state index in [0.29, 0.717) is 27.0 Å². The van der Waals surface area contributed by atoms with E-state index in [1.165, 1.54) is 11.8 Å². The zero-order chi connectivity index (χ0) is 26.8. The van der Waals surface area contributed by atoms with Crippen molar-refractivity contribution in [1.82, 2.24) is 15.5 Å². The summed E-state index contributed by atoms with van der Waals surface area (Å²) in [5.74, 6) is -1.61. The number of nitrogens with two attached hydrogens (primary N) is 1. The largest absolute Gasteiger partial charge is 0.369 e. The van der Waals surface area contributed by atoms with Gasteiger partial charge in [-0.05, 0) is 23.8 Å². The van der Waals surface area contributed by atoms with Gasteiger partial charge in [-0.15, -0.1) is 0 Å². The van der Waals surface area contributed by atoms with Crippen LogP contribution in [0.5, 0.6) is 0 Å². The number of anilines is 2. The summed E-state index contributed by atoms with van der Waals surface area (Å²) in [5, 5.41) is 16.3. The van der Waals surface area contributed by atoms with Gasteiger partial charge < -0.3 is 21.3 Å². The monoisotopic (exact) mass is 551 g/mol. The van der Waals surface area contributed by atoms with Crippen LogP contribution < -0.4 is 21.7 Å². The molecule has 0 aliphatic rings. The number of hydrogen-bond donors (Lipinski definition) is 5. The number of aliphatic imine (C=N–C) groups is 1. The lowest BCUT2D eigenvalue weighted by molar-refractivity contribution is -0.126. The van der Waals surface area contributed by atoms with E-state index in [1.807, 2.05) is 6.07 Å². The summed E-state index contributed by atoms with van der Waals surface area (Å²) in [6.45, 7) is 1.26. The molecule has 2 amide bonds. The molecular weight excluding hydrogens is 525 g/mol. The zero-order valence-electron chi connectivity index (χ0n) is 19.9. The van der Waals surface area contributed by atoms with E-state index in [-0.39, 0.29) is 29.2 Å². The number of nitrogens with zero attached hydrogens (tertiary/aromatic N) is 2. The predicted octanol–water partition coefficient (Wildman–Crippen LogP) is 2.97. The molecule has 13 heteroatoms. The second-order valence-corrected chi connectivity index (χ2v) is 9.59.